The van der Waals surface area contributed by atoms with Gasteiger partial charge in [0.1, 0.15) is 17.3 Å². The number of hydrogen-bond acceptors (Lipinski definition) is 6. The van der Waals surface area contributed by atoms with Crippen LogP contribution in [0.25, 0.3) is 5.76 Å². The molecule has 32 heavy (non-hydrogen) atoms. The number of aliphatic hydroxyl groups is 1. The van der Waals surface area contributed by atoms with Gasteiger partial charge in [-0.25, -0.2) is 0 Å². The molecule has 0 bridgehead atoms. The van der Waals surface area contributed by atoms with Crippen molar-refractivity contribution in [3.8, 4) is 11.5 Å². The number of aryl methyl sites for hydroxylation is 1. The molecule has 1 amide bonds. The average molecular weight is 440 g/mol. The zero-order valence-corrected chi connectivity index (χ0v) is 18.9. The second-order valence-corrected chi connectivity index (χ2v) is 7.59. The highest BCUT2D eigenvalue weighted by Crippen LogP contribution is 2.40. The van der Waals surface area contributed by atoms with Gasteiger partial charge in [-0.15, -0.1) is 0 Å². The number of hydrogen-bond donors (Lipinski definition) is 1. The van der Waals surface area contributed by atoms with E-state index in [9.17, 15) is 14.7 Å². The molecule has 1 N–H and O–H groups in total. The summed E-state index contributed by atoms with van der Waals surface area (Å²) in [4.78, 5) is 27.4. The number of aliphatic hydroxyl groups excluding tert-OH is 1. The lowest BCUT2D eigenvalue weighted by atomic mass is 9.94. The molecular formula is C25H29NO6. The van der Waals surface area contributed by atoms with Gasteiger partial charge in [-0.3, -0.25) is 9.59 Å². The van der Waals surface area contributed by atoms with Crippen LogP contribution < -0.4 is 9.47 Å². The van der Waals surface area contributed by atoms with E-state index in [4.69, 9.17) is 14.2 Å². The summed E-state index contributed by atoms with van der Waals surface area (Å²) < 4.78 is 16.2. The van der Waals surface area contributed by atoms with Crippen LogP contribution in [-0.4, -0.2) is 55.7 Å². The minimum Gasteiger partial charge on any atom is -0.507 e. The summed E-state index contributed by atoms with van der Waals surface area (Å²) in [6, 6.07) is 11.6. The summed E-state index contributed by atoms with van der Waals surface area (Å²) in [6.45, 7) is 4.89. The molecule has 1 atom stereocenters. The van der Waals surface area contributed by atoms with Crippen molar-refractivity contribution in [3.63, 3.8) is 0 Å². The number of ether oxygens (including phenoxy) is 3. The molecule has 2 aromatic carbocycles. The van der Waals surface area contributed by atoms with E-state index in [1.807, 2.05) is 32.0 Å². The maximum Gasteiger partial charge on any atom is 0.295 e. The highest BCUT2D eigenvalue weighted by atomic mass is 16.5. The Kier molecular flexibility index (Phi) is 7.53. The maximum atomic E-state index is 13.0. The van der Waals surface area contributed by atoms with Gasteiger partial charge in [0.25, 0.3) is 11.7 Å². The number of carbonyl (C=O) groups excluding carboxylic acids is 2. The lowest BCUT2D eigenvalue weighted by molar-refractivity contribution is -0.140. The molecule has 1 saturated heterocycles. The topological polar surface area (TPSA) is 85.3 Å². The molecule has 0 radical (unpaired) electrons. The Morgan fingerprint density at radius 1 is 1.09 bits per heavy atom. The largest absolute Gasteiger partial charge is 0.507 e. The van der Waals surface area contributed by atoms with E-state index in [2.05, 4.69) is 0 Å². The molecule has 1 unspecified atom stereocenters. The molecule has 1 aliphatic heterocycles. The van der Waals surface area contributed by atoms with Crippen LogP contribution in [0, 0.1) is 6.92 Å². The van der Waals surface area contributed by atoms with E-state index in [0.29, 0.717) is 29.2 Å². The van der Waals surface area contributed by atoms with Crippen LogP contribution in [-0.2, 0) is 14.3 Å². The van der Waals surface area contributed by atoms with Crippen LogP contribution in [0.1, 0.15) is 36.1 Å². The Bertz CT molecular complexity index is 1030. The normalized spacial score (nSPS) is 17.6. The fourth-order valence-corrected chi connectivity index (χ4v) is 3.82. The number of Topliss-reactive ketones (excluding diaryl/α,β-unsaturated/α-hetero) is 1. The van der Waals surface area contributed by atoms with E-state index in [-0.39, 0.29) is 24.5 Å². The second kappa shape index (κ2) is 10.3. The molecule has 0 saturated carbocycles. The first-order valence-electron chi connectivity index (χ1n) is 10.6. The minimum absolute atomic E-state index is 0.0447. The number of likely N-dealkylation sites (tertiary alicyclic amines) is 1. The third kappa shape index (κ3) is 4.62. The molecule has 0 aliphatic carbocycles. The summed E-state index contributed by atoms with van der Waals surface area (Å²) in [5, 5.41) is 11.2. The number of carbonyl (C=O) groups is 2. The Morgan fingerprint density at radius 3 is 2.53 bits per heavy atom. The molecule has 7 heteroatoms. The van der Waals surface area contributed by atoms with Gasteiger partial charge in [0.05, 0.1) is 31.9 Å². The summed E-state index contributed by atoms with van der Waals surface area (Å²) in [5.41, 5.74) is 1.97. The van der Waals surface area contributed by atoms with Crippen molar-refractivity contribution < 1.29 is 28.9 Å². The van der Waals surface area contributed by atoms with E-state index in [0.717, 1.165) is 12.0 Å². The average Bonchev–Trinajstić information content (AvgIpc) is 3.05. The van der Waals surface area contributed by atoms with Crippen molar-refractivity contribution >= 4 is 17.4 Å². The Labute approximate surface area is 188 Å². The van der Waals surface area contributed by atoms with Crippen molar-refractivity contribution in [2.75, 3.05) is 34.0 Å². The number of nitrogens with zero attached hydrogens (tertiary/aromatic N) is 1. The highest BCUT2D eigenvalue weighted by Gasteiger charge is 2.46. The predicted molar refractivity (Wildman–Crippen MR) is 121 cm³/mol. The minimum atomic E-state index is -0.752. The monoisotopic (exact) mass is 439 g/mol. The Morgan fingerprint density at radius 2 is 1.88 bits per heavy atom. The molecule has 0 aromatic heterocycles. The number of rotatable bonds is 9. The molecule has 1 aliphatic rings. The molecule has 1 heterocycles. The van der Waals surface area contributed by atoms with Crippen LogP contribution in [0.2, 0.25) is 0 Å². The van der Waals surface area contributed by atoms with Gasteiger partial charge in [-0.2, -0.15) is 0 Å². The van der Waals surface area contributed by atoms with Gasteiger partial charge >= 0.3 is 0 Å². The van der Waals surface area contributed by atoms with E-state index >= 15 is 0 Å². The van der Waals surface area contributed by atoms with Crippen molar-refractivity contribution in [1.82, 2.24) is 4.90 Å². The van der Waals surface area contributed by atoms with E-state index < -0.39 is 17.7 Å². The van der Waals surface area contributed by atoms with Crippen LogP contribution in [0.4, 0.5) is 0 Å². The molecule has 3 rings (SSSR count). The Hall–Kier alpha value is -3.32. The predicted octanol–water partition coefficient (Wildman–Crippen LogP) is 3.86. The number of ketones is 1. The van der Waals surface area contributed by atoms with Gasteiger partial charge in [-0.1, -0.05) is 19.1 Å². The SMILES string of the molecule is CCCOc1cccc(C2/C(=C(\O)c3ccc(OC)c(C)c3)C(=O)C(=O)N2CCOC)c1. The number of methoxy groups -OCH3 is 2. The van der Waals surface area contributed by atoms with Crippen molar-refractivity contribution in [2.45, 2.75) is 26.3 Å². The first kappa shape index (κ1) is 23.3. The summed E-state index contributed by atoms with van der Waals surface area (Å²) in [6.07, 6.45) is 0.855. The third-order valence-electron chi connectivity index (χ3n) is 5.39. The lowest BCUT2D eigenvalue weighted by Crippen LogP contribution is -2.32. The van der Waals surface area contributed by atoms with Crippen LogP contribution in [0.5, 0.6) is 11.5 Å². The fraction of sp³-hybridized carbons (Fsp3) is 0.360. The van der Waals surface area contributed by atoms with Crippen molar-refractivity contribution in [2.24, 2.45) is 0 Å². The highest BCUT2D eigenvalue weighted by molar-refractivity contribution is 6.46. The first-order valence-corrected chi connectivity index (χ1v) is 10.6. The molecule has 0 spiro atoms. The van der Waals surface area contributed by atoms with Gasteiger partial charge in [-0.05, 0) is 54.8 Å². The molecule has 2 aromatic rings. The number of benzene rings is 2. The summed E-state index contributed by atoms with van der Waals surface area (Å²) in [7, 11) is 3.10. The summed E-state index contributed by atoms with van der Waals surface area (Å²) >= 11 is 0. The third-order valence-corrected chi connectivity index (χ3v) is 5.39. The quantitative estimate of drug-likeness (QED) is 0.363. The van der Waals surface area contributed by atoms with Crippen LogP contribution >= 0.6 is 0 Å². The van der Waals surface area contributed by atoms with E-state index in [1.165, 1.54) is 12.0 Å². The molecule has 1 fully saturated rings. The fourth-order valence-electron chi connectivity index (χ4n) is 3.82. The zero-order chi connectivity index (χ0) is 23.3. The van der Waals surface area contributed by atoms with Gasteiger partial charge in [0.2, 0.25) is 0 Å². The molecule has 7 nitrogen and oxygen atoms in total. The zero-order valence-electron chi connectivity index (χ0n) is 18.9. The smallest absolute Gasteiger partial charge is 0.295 e. The van der Waals surface area contributed by atoms with Crippen molar-refractivity contribution in [1.29, 1.82) is 0 Å². The second-order valence-electron chi connectivity index (χ2n) is 7.59. The standard InChI is InChI=1S/C25H29NO6/c1-5-12-32-19-8-6-7-17(15-19)22-21(24(28)25(29)26(22)11-13-30-3)23(27)18-9-10-20(31-4)16(2)14-18/h6-10,14-15,22,27H,5,11-13H2,1-4H3/b23-21+. The molecule has 170 valence electrons. The first-order chi connectivity index (χ1) is 15.4. The van der Waals surface area contributed by atoms with Crippen LogP contribution in [0.3, 0.4) is 0 Å². The lowest BCUT2D eigenvalue weighted by Gasteiger charge is -2.25. The number of amides is 1. The van der Waals surface area contributed by atoms with Gasteiger partial charge in [0, 0.05) is 19.2 Å². The Balaban J connectivity index is 2.13. The maximum absolute atomic E-state index is 13.0. The van der Waals surface area contributed by atoms with Gasteiger partial charge < -0.3 is 24.2 Å². The summed E-state index contributed by atoms with van der Waals surface area (Å²) in [5.74, 6) is -0.309. The van der Waals surface area contributed by atoms with Gasteiger partial charge in [0.15, 0.2) is 0 Å². The van der Waals surface area contributed by atoms with Crippen molar-refractivity contribution in [3.05, 3.63) is 64.7 Å². The molecular weight excluding hydrogens is 410 g/mol. The van der Waals surface area contributed by atoms with E-state index in [1.54, 1.807) is 31.4 Å². The van der Waals surface area contributed by atoms with Crippen LogP contribution in [0.15, 0.2) is 48.0 Å².